The van der Waals surface area contributed by atoms with Gasteiger partial charge in [0.15, 0.2) is 18.2 Å². The zero-order valence-electron chi connectivity index (χ0n) is 23.3. The SMILES string of the molecule is CC1(C)CC(=O)C2=C(C1)N(CCc1ccccc1)C1=C(C(=O)CC(C)(C)C1)C2c1ccccc1OCC(=O)O. The summed E-state index contributed by atoms with van der Waals surface area (Å²) in [4.78, 5) is 41.6. The van der Waals surface area contributed by atoms with Gasteiger partial charge in [-0.1, -0.05) is 76.2 Å². The minimum atomic E-state index is -1.08. The van der Waals surface area contributed by atoms with Gasteiger partial charge < -0.3 is 14.7 Å². The summed E-state index contributed by atoms with van der Waals surface area (Å²) in [6.07, 6.45) is 3.04. The Labute approximate surface area is 230 Å². The molecule has 0 amide bonds. The van der Waals surface area contributed by atoms with Crippen LogP contribution in [0.1, 0.15) is 70.4 Å². The predicted octanol–water partition coefficient (Wildman–Crippen LogP) is 6.08. The fraction of sp³-hybridized carbons (Fsp3) is 0.424. The van der Waals surface area contributed by atoms with Gasteiger partial charge in [-0.05, 0) is 41.7 Å². The molecule has 0 fully saturated rings. The number of carboxylic acid groups (broad SMARTS) is 1. The lowest BCUT2D eigenvalue weighted by atomic mass is 9.63. The van der Waals surface area contributed by atoms with Gasteiger partial charge in [-0.25, -0.2) is 4.79 Å². The molecule has 2 aliphatic carbocycles. The molecule has 5 rings (SSSR count). The molecule has 0 saturated heterocycles. The minimum Gasteiger partial charge on any atom is -0.482 e. The highest BCUT2D eigenvalue weighted by Gasteiger charge is 2.49. The second-order valence-corrected chi connectivity index (χ2v) is 12.6. The highest BCUT2D eigenvalue weighted by Crippen LogP contribution is 2.55. The number of ketones is 2. The maximum atomic E-state index is 14.0. The van der Waals surface area contributed by atoms with Crippen LogP contribution in [0, 0.1) is 10.8 Å². The molecule has 39 heavy (non-hydrogen) atoms. The maximum Gasteiger partial charge on any atom is 0.341 e. The molecule has 2 aromatic carbocycles. The predicted molar refractivity (Wildman–Crippen MR) is 149 cm³/mol. The molecule has 0 atom stereocenters. The Kier molecular flexibility index (Phi) is 7.00. The van der Waals surface area contributed by atoms with Crippen LogP contribution in [-0.2, 0) is 20.8 Å². The van der Waals surface area contributed by atoms with Gasteiger partial charge in [0, 0.05) is 53.4 Å². The van der Waals surface area contributed by atoms with Crippen molar-refractivity contribution in [2.75, 3.05) is 13.2 Å². The van der Waals surface area contributed by atoms with Crippen molar-refractivity contribution >= 4 is 17.5 Å². The fourth-order valence-corrected chi connectivity index (χ4v) is 6.50. The summed E-state index contributed by atoms with van der Waals surface area (Å²) in [5, 5.41) is 9.28. The van der Waals surface area contributed by atoms with Crippen LogP contribution in [0.5, 0.6) is 5.75 Å². The van der Waals surface area contributed by atoms with Gasteiger partial charge in [-0.15, -0.1) is 0 Å². The average molecular weight is 528 g/mol. The van der Waals surface area contributed by atoms with Crippen molar-refractivity contribution in [2.45, 2.75) is 65.7 Å². The molecule has 0 spiro atoms. The van der Waals surface area contributed by atoms with E-state index in [9.17, 15) is 19.5 Å². The lowest BCUT2D eigenvalue weighted by Gasteiger charge is -2.49. The van der Waals surface area contributed by atoms with Crippen LogP contribution in [0.4, 0.5) is 0 Å². The normalized spacial score (nSPS) is 20.6. The summed E-state index contributed by atoms with van der Waals surface area (Å²) in [6.45, 7) is 8.70. The third-order valence-electron chi connectivity index (χ3n) is 8.07. The van der Waals surface area contributed by atoms with E-state index >= 15 is 0 Å². The number of allylic oxidation sites excluding steroid dienone is 4. The number of hydrogen-bond donors (Lipinski definition) is 1. The molecule has 6 nitrogen and oxygen atoms in total. The zero-order chi connectivity index (χ0) is 27.9. The summed E-state index contributed by atoms with van der Waals surface area (Å²) >= 11 is 0. The Balaban J connectivity index is 1.70. The monoisotopic (exact) mass is 527 g/mol. The number of carboxylic acids is 1. The fourth-order valence-electron chi connectivity index (χ4n) is 6.50. The number of aliphatic carboxylic acids is 1. The largest absolute Gasteiger partial charge is 0.482 e. The smallest absolute Gasteiger partial charge is 0.341 e. The van der Waals surface area contributed by atoms with Gasteiger partial charge in [0.05, 0.1) is 0 Å². The molecule has 0 bridgehead atoms. The van der Waals surface area contributed by atoms with Gasteiger partial charge in [0.25, 0.3) is 0 Å². The highest BCUT2D eigenvalue weighted by atomic mass is 16.5. The van der Waals surface area contributed by atoms with Crippen LogP contribution in [-0.4, -0.2) is 40.7 Å². The van der Waals surface area contributed by atoms with Crippen LogP contribution in [0.15, 0.2) is 77.1 Å². The van der Waals surface area contributed by atoms with Crippen molar-refractivity contribution in [3.8, 4) is 5.75 Å². The molecule has 0 saturated carbocycles. The van der Waals surface area contributed by atoms with Crippen molar-refractivity contribution < 1.29 is 24.2 Å². The van der Waals surface area contributed by atoms with Gasteiger partial charge in [-0.2, -0.15) is 0 Å². The van der Waals surface area contributed by atoms with Crippen molar-refractivity contribution in [3.63, 3.8) is 0 Å². The van der Waals surface area contributed by atoms with Crippen LogP contribution >= 0.6 is 0 Å². The average Bonchev–Trinajstić information content (AvgIpc) is 2.85. The molecule has 1 heterocycles. The van der Waals surface area contributed by atoms with E-state index in [0.29, 0.717) is 41.8 Å². The first-order chi connectivity index (χ1) is 18.5. The zero-order valence-corrected chi connectivity index (χ0v) is 23.3. The van der Waals surface area contributed by atoms with Crippen LogP contribution in [0.3, 0.4) is 0 Å². The van der Waals surface area contributed by atoms with Crippen molar-refractivity contribution in [1.82, 2.24) is 4.90 Å². The molecule has 0 unspecified atom stereocenters. The van der Waals surface area contributed by atoms with E-state index in [0.717, 1.165) is 30.7 Å². The van der Waals surface area contributed by atoms with E-state index in [-0.39, 0.29) is 22.4 Å². The minimum absolute atomic E-state index is 0.0492. The van der Waals surface area contributed by atoms with E-state index in [2.05, 4.69) is 44.7 Å². The Morgan fingerprint density at radius 2 is 1.38 bits per heavy atom. The summed E-state index contributed by atoms with van der Waals surface area (Å²) in [5.41, 5.74) is 4.79. The standard InChI is InChI=1S/C33H37NO5/c1-32(2)16-23-30(25(35)18-32)29(22-12-8-9-13-27(22)39-20-28(37)38)31-24(17-33(3,4)19-26(31)36)34(23)15-14-21-10-6-5-7-11-21/h5-13,29H,14-20H2,1-4H3,(H,37,38). The first kappa shape index (κ1) is 26.9. The number of rotatable bonds is 7. The van der Waals surface area contributed by atoms with Gasteiger partial charge in [-0.3, -0.25) is 9.59 Å². The third-order valence-corrected chi connectivity index (χ3v) is 8.07. The number of hydrogen-bond acceptors (Lipinski definition) is 5. The molecule has 0 radical (unpaired) electrons. The van der Waals surface area contributed by atoms with E-state index in [1.54, 1.807) is 12.1 Å². The summed E-state index contributed by atoms with van der Waals surface area (Å²) in [6, 6.07) is 17.5. The third kappa shape index (κ3) is 5.42. The topological polar surface area (TPSA) is 83.9 Å². The highest BCUT2D eigenvalue weighted by molar-refractivity contribution is 6.07. The number of benzene rings is 2. The first-order valence-electron chi connectivity index (χ1n) is 13.7. The van der Waals surface area contributed by atoms with Crippen LogP contribution in [0.25, 0.3) is 0 Å². The van der Waals surface area contributed by atoms with Crippen molar-refractivity contribution in [3.05, 3.63) is 88.3 Å². The lowest BCUT2D eigenvalue weighted by Crippen LogP contribution is -2.45. The second-order valence-electron chi connectivity index (χ2n) is 12.6. The number of nitrogens with zero attached hydrogens (tertiary/aromatic N) is 1. The Bertz CT molecular complexity index is 1330. The van der Waals surface area contributed by atoms with E-state index in [1.807, 2.05) is 30.3 Å². The Hall–Kier alpha value is -3.67. The summed E-state index contributed by atoms with van der Waals surface area (Å²) in [5.74, 6) is -1.15. The number of Topliss-reactive ketones (excluding diaryl/α,β-unsaturated/α-hetero) is 2. The number of carbonyl (C=O) groups excluding carboxylic acids is 2. The first-order valence-corrected chi connectivity index (χ1v) is 13.7. The lowest BCUT2D eigenvalue weighted by molar-refractivity contribution is -0.139. The molecule has 6 heteroatoms. The summed E-state index contributed by atoms with van der Waals surface area (Å²) < 4.78 is 5.71. The van der Waals surface area contributed by atoms with Gasteiger partial charge >= 0.3 is 5.97 Å². The Morgan fingerprint density at radius 3 is 1.95 bits per heavy atom. The molecule has 0 aromatic heterocycles. The second kappa shape index (κ2) is 10.1. The van der Waals surface area contributed by atoms with E-state index in [4.69, 9.17) is 4.74 Å². The maximum absolute atomic E-state index is 14.0. The quantitative estimate of drug-likeness (QED) is 0.470. The number of para-hydroxylation sites is 1. The molecule has 1 N–H and O–H groups in total. The van der Waals surface area contributed by atoms with Gasteiger partial charge in [0.1, 0.15) is 5.75 Å². The van der Waals surface area contributed by atoms with E-state index < -0.39 is 18.5 Å². The van der Waals surface area contributed by atoms with Gasteiger partial charge in [0.2, 0.25) is 0 Å². The summed E-state index contributed by atoms with van der Waals surface area (Å²) in [7, 11) is 0. The molecular formula is C33H37NO5. The molecule has 2 aromatic rings. The van der Waals surface area contributed by atoms with Crippen LogP contribution in [0.2, 0.25) is 0 Å². The van der Waals surface area contributed by atoms with Crippen LogP contribution < -0.4 is 4.74 Å². The molecule has 204 valence electrons. The number of carbonyl (C=O) groups is 3. The van der Waals surface area contributed by atoms with Crippen molar-refractivity contribution in [2.24, 2.45) is 10.8 Å². The number of ether oxygens (including phenoxy) is 1. The Morgan fingerprint density at radius 1 is 0.846 bits per heavy atom. The molecule has 1 aliphatic heterocycles. The molecule has 3 aliphatic rings. The molecular weight excluding hydrogens is 490 g/mol. The van der Waals surface area contributed by atoms with Crippen molar-refractivity contribution in [1.29, 1.82) is 0 Å². The van der Waals surface area contributed by atoms with E-state index in [1.165, 1.54) is 5.56 Å².